The number of morpholine rings is 1. The highest BCUT2D eigenvalue weighted by molar-refractivity contribution is 5.50. The summed E-state index contributed by atoms with van der Waals surface area (Å²) in [5, 5.41) is 3.30. The topological polar surface area (TPSA) is 24.5 Å². The molecule has 0 aromatic heterocycles. The van der Waals surface area contributed by atoms with Gasteiger partial charge in [0.2, 0.25) is 0 Å². The maximum absolute atomic E-state index is 14.2. The van der Waals surface area contributed by atoms with Gasteiger partial charge in [0.1, 0.15) is 5.82 Å². The van der Waals surface area contributed by atoms with Crippen LogP contribution in [0.1, 0.15) is 26.3 Å². The van der Waals surface area contributed by atoms with Crippen molar-refractivity contribution in [3.05, 3.63) is 29.6 Å². The fraction of sp³-hybridized carbons (Fsp3) is 0.600. The number of nitrogens with one attached hydrogen (secondary N) is 1. The van der Waals surface area contributed by atoms with Gasteiger partial charge < -0.3 is 15.0 Å². The zero-order valence-electron chi connectivity index (χ0n) is 11.9. The van der Waals surface area contributed by atoms with E-state index in [9.17, 15) is 4.39 Å². The first-order valence-electron chi connectivity index (χ1n) is 6.94. The summed E-state index contributed by atoms with van der Waals surface area (Å²) in [5.74, 6) is -0.142. The van der Waals surface area contributed by atoms with Gasteiger partial charge in [-0.2, -0.15) is 0 Å². The smallest absolute Gasteiger partial charge is 0.146 e. The van der Waals surface area contributed by atoms with Crippen molar-refractivity contribution < 1.29 is 9.13 Å². The number of rotatable bonds is 4. The van der Waals surface area contributed by atoms with Crippen molar-refractivity contribution in [2.75, 3.05) is 24.7 Å². The molecule has 0 bridgehead atoms. The Morgan fingerprint density at radius 1 is 1.47 bits per heavy atom. The summed E-state index contributed by atoms with van der Waals surface area (Å²) in [6.07, 6.45) is 0. The van der Waals surface area contributed by atoms with Crippen molar-refractivity contribution >= 4 is 5.69 Å². The Labute approximate surface area is 114 Å². The number of benzene rings is 1. The van der Waals surface area contributed by atoms with Gasteiger partial charge in [0, 0.05) is 25.2 Å². The highest BCUT2D eigenvalue weighted by atomic mass is 19.1. The standard InChI is InChI=1S/C15H23FN2O/c1-11(2)17-9-13-4-5-15(14(16)8-13)18-6-7-19-10-12(18)3/h4-5,8,11-12,17H,6-7,9-10H2,1-3H3. The lowest BCUT2D eigenvalue weighted by molar-refractivity contribution is 0.0986. The number of ether oxygens (including phenoxy) is 1. The van der Waals surface area contributed by atoms with Crippen LogP contribution in [0.25, 0.3) is 0 Å². The van der Waals surface area contributed by atoms with Crippen molar-refractivity contribution in [3.8, 4) is 0 Å². The molecular weight excluding hydrogens is 243 g/mol. The van der Waals surface area contributed by atoms with Crippen LogP contribution < -0.4 is 10.2 Å². The van der Waals surface area contributed by atoms with Crippen LogP contribution in [0, 0.1) is 5.82 Å². The normalized spacial score (nSPS) is 20.1. The first kappa shape index (κ1) is 14.3. The van der Waals surface area contributed by atoms with Crippen LogP contribution >= 0.6 is 0 Å². The van der Waals surface area contributed by atoms with Crippen LogP contribution in [0.4, 0.5) is 10.1 Å². The molecule has 1 fully saturated rings. The van der Waals surface area contributed by atoms with Gasteiger partial charge in [-0.05, 0) is 24.6 Å². The molecule has 106 valence electrons. The Morgan fingerprint density at radius 3 is 2.89 bits per heavy atom. The minimum atomic E-state index is -0.142. The van der Waals surface area contributed by atoms with Crippen LogP contribution in [-0.4, -0.2) is 31.8 Å². The van der Waals surface area contributed by atoms with Crippen LogP contribution in [0.15, 0.2) is 18.2 Å². The van der Waals surface area contributed by atoms with Gasteiger partial charge in [-0.1, -0.05) is 19.9 Å². The number of hydrogen-bond donors (Lipinski definition) is 1. The van der Waals surface area contributed by atoms with Crippen LogP contribution in [0.3, 0.4) is 0 Å². The Bertz CT molecular complexity index is 423. The molecule has 1 aromatic rings. The molecule has 2 rings (SSSR count). The zero-order chi connectivity index (χ0) is 13.8. The monoisotopic (exact) mass is 266 g/mol. The summed E-state index contributed by atoms with van der Waals surface area (Å²) < 4.78 is 19.6. The fourth-order valence-electron chi connectivity index (χ4n) is 2.30. The van der Waals surface area contributed by atoms with Crippen molar-refractivity contribution in [1.29, 1.82) is 0 Å². The Balaban J connectivity index is 2.10. The molecule has 0 saturated carbocycles. The molecule has 0 radical (unpaired) electrons. The second kappa shape index (κ2) is 6.35. The third kappa shape index (κ3) is 3.67. The SMILES string of the molecule is CC(C)NCc1ccc(N2CCOCC2C)c(F)c1. The van der Waals surface area contributed by atoms with Gasteiger partial charge in [0.15, 0.2) is 0 Å². The molecule has 1 aliphatic heterocycles. The van der Waals surface area contributed by atoms with Gasteiger partial charge in [-0.15, -0.1) is 0 Å². The number of anilines is 1. The summed E-state index contributed by atoms with van der Waals surface area (Å²) in [6, 6.07) is 6.14. The lowest BCUT2D eigenvalue weighted by Crippen LogP contribution is -2.44. The minimum Gasteiger partial charge on any atom is -0.377 e. The van der Waals surface area contributed by atoms with Gasteiger partial charge in [0.05, 0.1) is 18.9 Å². The van der Waals surface area contributed by atoms with E-state index in [4.69, 9.17) is 4.74 Å². The molecule has 4 heteroatoms. The van der Waals surface area contributed by atoms with E-state index in [2.05, 4.69) is 31.0 Å². The third-order valence-corrected chi connectivity index (χ3v) is 3.40. The van der Waals surface area contributed by atoms with Crippen molar-refractivity contribution in [1.82, 2.24) is 5.32 Å². The summed E-state index contributed by atoms with van der Waals surface area (Å²) in [7, 11) is 0. The molecule has 1 heterocycles. The largest absolute Gasteiger partial charge is 0.377 e. The summed E-state index contributed by atoms with van der Waals surface area (Å²) in [4.78, 5) is 2.08. The summed E-state index contributed by atoms with van der Waals surface area (Å²) in [6.45, 7) is 9.01. The average Bonchev–Trinajstić information content (AvgIpc) is 2.38. The molecular formula is C15H23FN2O. The molecule has 1 aromatic carbocycles. The molecule has 0 amide bonds. The lowest BCUT2D eigenvalue weighted by Gasteiger charge is -2.35. The zero-order valence-corrected chi connectivity index (χ0v) is 11.9. The van der Waals surface area contributed by atoms with Crippen LogP contribution in [-0.2, 0) is 11.3 Å². The second-order valence-corrected chi connectivity index (χ2v) is 5.44. The molecule has 0 aliphatic carbocycles. The Morgan fingerprint density at radius 2 is 2.26 bits per heavy atom. The molecule has 1 unspecified atom stereocenters. The first-order chi connectivity index (χ1) is 9.08. The molecule has 3 nitrogen and oxygen atoms in total. The average molecular weight is 266 g/mol. The second-order valence-electron chi connectivity index (χ2n) is 5.44. The molecule has 1 atom stereocenters. The van der Waals surface area contributed by atoms with E-state index in [0.29, 0.717) is 31.5 Å². The van der Waals surface area contributed by atoms with Gasteiger partial charge in [0.25, 0.3) is 0 Å². The maximum atomic E-state index is 14.2. The third-order valence-electron chi connectivity index (χ3n) is 3.40. The molecule has 1 N–H and O–H groups in total. The fourth-order valence-corrected chi connectivity index (χ4v) is 2.30. The van der Waals surface area contributed by atoms with Crippen LogP contribution in [0.2, 0.25) is 0 Å². The van der Waals surface area contributed by atoms with Crippen LogP contribution in [0.5, 0.6) is 0 Å². The number of halogens is 1. The number of hydrogen-bond acceptors (Lipinski definition) is 3. The van der Waals surface area contributed by atoms with E-state index in [1.54, 1.807) is 6.07 Å². The summed E-state index contributed by atoms with van der Waals surface area (Å²) >= 11 is 0. The van der Waals surface area contributed by atoms with Gasteiger partial charge in [-0.25, -0.2) is 4.39 Å². The van der Waals surface area contributed by atoms with Crippen molar-refractivity contribution in [2.45, 2.75) is 39.4 Å². The number of nitrogens with zero attached hydrogens (tertiary/aromatic N) is 1. The first-order valence-corrected chi connectivity index (χ1v) is 6.94. The molecule has 0 spiro atoms. The van der Waals surface area contributed by atoms with E-state index in [1.165, 1.54) is 0 Å². The quantitative estimate of drug-likeness (QED) is 0.906. The van der Waals surface area contributed by atoms with E-state index in [-0.39, 0.29) is 11.9 Å². The lowest BCUT2D eigenvalue weighted by atomic mass is 10.1. The molecule has 1 saturated heterocycles. The Hall–Kier alpha value is -1.13. The highest BCUT2D eigenvalue weighted by Crippen LogP contribution is 2.24. The highest BCUT2D eigenvalue weighted by Gasteiger charge is 2.21. The van der Waals surface area contributed by atoms with E-state index in [1.807, 2.05) is 12.1 Å². The predicted molar refractivity (Wildman–Crippen MR) is 76.0 cm³/mol. The minimum absolute atomic E-state index is 0.142. The maximum Gasteiger partial charge on any atom is 0.146 e. The van der Waals surface area contributed by atoms with Gasteiger partial charge in [-0.3, -0.25) is 0 Å². The van der Waals surface area contributed by atoms with E-state index >= 15 is 0 Å². The Kier molecular flexibility index (Phi) is 4.77. The summed E-state index contributed by atoms with van der Waals surface area (Å²) in [5.41, 5.74) is 1.67. The van der Waals surface area contributed by atoms with Crippen molar-refractivity contribution in [2.24, 2.45) is 0 Å². The molecule has 1 aliphatic rings. The van der Waals surface area contributed by atoms with E-state index in [0.717, 1.165) is 12.1 Å². The molecule has 19 heavy (non-hydrogen) atoms. The van der Waals surface area contributed by atoms with E-state index < -0.39 is 0 Å². The van der Waals surface area contributed by atoms with Crippen molar-refractivity contribution in [3.63, 3.8) is 0 Å². The predicted octanol–water partition coefficient (Wildman–Crippen LogP) is 2.55. The van der Waals surface area contributed by atoms with Gasteiger partial charge >= 0.3 is 0 Å².